The molecular formula is C27H15NO. The third-order valence-electron chi connectivity index (χ3n) is 6.07. The molecule has 0 spiro atoms. The van der Waals surface area contributed by atoms with E-state index in [0.717, 1.165) is 32.8 Å². The molecule has 0 aliphatic carbocycles. The number of hydrogen-bond acceptors (Lipinski definition) is 2. The van der Waals surface area contributed by atoms with Crippen molar-refractivity contribution in [3.8, 4) is 0 Å². The SMILES string of the molecule is c1ccc2c(c1)ccc1c3cc4c(cc3c3cccnc3c21)oc1ccccc14. The summed E-state index contributed by atoms with van der Waals surface area (Å²) < 4.78 is 6.17. The Kier molecular flexibility index (Phi) is 2.77. The molecular weight excluding hydrogens is 354 g/mol. The first kappa shape index (κ1) is 15.1. The van der Waals surface area contributed by atoms with E-state index >= 15 is 0 Å². The van der Waals surface area contributed by atoms with Crippen molar-refractivity contribution in [3.05, 3.63) is 91.1 Å². The summed E-state index contributed by atoms with van der Waals surface area (Å²) in [5.74, 6) is 0. The van der Waals surface area contributed by atoms with Gasteiger partial charge in [-0.05, 0) is 51.2 Å². The van der Waals surface area contributed by atoms with E-state index < -0.39 is 0 Å². The lowest BCUT2D eigenvalue weighted by molar-refractivity contribution is 0.669. The fraction of sp³-hybridized carbons (Fsp3) is 0. The average molecular weight is 369 g/mol. The van der Waals surface area contributed by atoms with Gasteiger partial charge >= 0.3 is 0 Å². The summed E-state index contributed by atoms with van der Waals surface area (Å²) in [6.07, 6.45) is 1.88. The van der Waals surface area contributed by atoms with E-state index in [-0.39, 0.29) is 0 Å². The van der Waals surface area contributed by atoms with Crippen LogP contribution in [0.25, 0.3) is 65.2 Å². The Morgan fingerprint density at radius 3 is 2.28 bits per heavy atom. The molecule has 0 radical (unpaired) electrons. The highest BCUT2D eigenvalue weighted by Gasteiger charge is 2.15. The van der Waals surface area contributed by atoms with Crippen molar-refractivity contribution in [2.75, 3.05) is 0 Å². The van der Waals surface area contributed by atoms with Crippen molar-refractivity contribution < 1.29 is 4.42 Å². The third kappa shape index (κ3) is 1.93. The summed E-state index contributed by atoms with van der Waals surface area (Å²) in [5.41, 5.74) is 2.89. The van der Waals surface area contributed by atoms with Crippen LogP contribution in [-0.4, -0.2) is 4.98 Å². The zero-order chi connectivity index (χ0) is 18.9. The van der Waals surface area contributed by atoms with Crippen LogP contribution in [0.2, 0.25) is 0 Å². The van der Waals surface area contributed by atoms with Crippen LogP contribution in [0.4, 0.5) is 0 Å². The molecule has 2 nitrogen and oxygen atoms in total. The molecule has 7 aromatic rings. The van der Waals surface area contributed by atoms with Crippen LogP contribution in [0.1, 0.15) is 0 Å². The molecule has 2 heteroatoms. The highest BCUT2D eigenvalue weighted by Crippen LogP contribution is 2.41. The molecule has 0 aliphatic rings. The van der Waals surface area contributed by atoms with Gasteiger partial charge in [-0.1, -0.05) is 60.7 Å². The van der Waals surface area contributed by atoms with Crippen LogP contribution in [0.5, 0.6) is 0 Å². The topological polar surface area (TPSA) is 26.0 Å². The van der Waals surface area contributed by atoms with Gasteiger partial charge in [-0.2, -0.15) is 0 Å². The molecule has 0 aliphatic heterocycles. The molecule has 5 aromatic carbocycles. The predicted molar refractivity (Wildman–Crippen MR) is 122 cm³/mol. The average Bonchev–Trinajstić information content (AvgIpc) is 3.15. The monoisotopic (exact) mass is 369 g/mol. The summed E-state index contributed by atoms with van der Waals surface area (Å²) in [4.78, 5) is 4.80. The molecule has 29 heavy (non-hydrogen) atoms. The minimum absolute atomic E-state index is 0.920. The maximum absolute atomic E-state index is 6.17. The van der Waals surface area contributed by atoms with E-state index in [9.17, 15) is 0 Å². The van der Waals surface area contributed by atoms with E-state index in [1.807, 2.05) is 24.4 Å². The normalized spacial score (nSPS) is 12.1. The zero-order valence-corrected chi connectivity index (χ0v) is 15.5. The summed E-state index contributed by atoms with van der Waals surface area (Å²) >= 11 is 0. The molecule has 2 aromatic heterocycles. The van der Waals surface area contributed by atoms with Crippen LogP contribution < -0.4 is 0 Å². The van der Waals surface area contributed by atoms with Gasteiger partial charge in [-0.3, -0.25) is 4.98 Å². The van der Waals surface area contributed by atoms with Crippen LogP contribution in [0, 0.1) is 0 Å². The second-order valence-corrected chi connectivity index (χ2v) is 7.60. The Hall–Kier alpha value is -3.91. The van der Waals surface area contributed by atoms with Gasteiger partial charge in [0.25, 0.3) is 0 Å². The highest BCUT2D eigenvalue weighted by atomic mass is 16.3. The van der Waals surface area contributed by atoms with Crippen molar-refractivity contribution in [3.63, 3.8) is 0 Å². The van der Waals surface area contributed by atoms with Crippen molar-refractivity contribution in [1.29, 1.82) is 0 Å². The molecule has 0 N–H and O–H groups in total. The molecule has 0 saturated heterocycles. The van der Waals surface area contributed by atoms with Gasteiger partial charge in [0.2, 0.25) is 0 Å². The van der Waals surface area contributed by atoms with Crippen LogP contribution in [0.3, 0.4) is 0 Å². The zero-order valence-electron chi connectivity index (χ0n) is 15.5. The molecule has 134 valence electrons. The number of rotatable bonds is 0. The Morgan fingerprint density at radius 1 is 0.517 bits per heavy atom. The first-order valence-electron chi connectivity index (χ1n) is 9.82. The van der Waals surface area contributed by atoms with Crippen molar-refractivity contribution in [1.82, 2.24) is 4.98 Å². The number of nitrogens with zero attached hydrogens (tertiary/aromatic N) is 1. The van der Waals surface area contributed by atoms with E-state index in [4.69, 9.17) is 9.40 Å². The fourth-order valence-corrected chi connectivity index (χ4v) is 4.79. The van der Waals surface area contributed by atoms with Crippen molar-refractivity contribution in [2.24, 2.45) is 0 Å². The lowest BCUT2D eigenvalue weighted by Gasteiger charge is -2.12. The predicted octanol–water partition coefficient (Wildman–Crippen LogP) is 7.59. The molecule has 0 fully saturated rings. The second-order valence-electron chi connectivity index (χ2n) is 7.60. The molecule has 0 amide bonds. The standard InChI is InChI=1S/C27H15NO/c1-2-7-17-16(6-1)11-12-19-21-14-23-18-8-3-4-10-24(18)29-25(23)15-22(21)20-9-5-13-28-27(20)26(17)19/h1-15H. The number of aromatic nitrogens is 1. The van der Waals surface area contributed by atoms with Gasteiger partial charge in [0, 0.05) is 27.7 Å². The quantitative estimate of drug-likeness (QED) is 0.257. The largest absolute Gasteiger partial charge is 0.456 e. The second kappa shape index (κ2) is 5.33. The Bertz CT molecular complexity index is 1760. The first-order chi connectivity index (χ1) is 14.4. The van der Waals surface area contributed by atoms with Gasteiger partial charge in [0.15, 0.2) is 0 Å². The molecule has 0 saturated carbocycles. The number of para-hydroxylation sites is 1. The number of hydrogen-bond donors (Lipinski definition) is 0. The molecule has 0 atom stereocenters. The number of furan rings is 1. The van der Waals surface area contributed by atoms with Gasteiger partial charge < -0.3 is 4.42 Å². The van der Waals surface area contributed by atoms with Gasteiger partial charge in [-0.25, -0.2) is 0 Å². The van der Waals surface area contributed by atoms with Gasteiger partial charge in [0.1, 0.15) is 11.2 Å². The molecule has 7 rings (SSSR count). The minimum Gasteiger partial charge on any atom is -0.456 e. The molecule has 2 heterocycles. The lowest BCUT2D eigenvalue weighted by Crippen LogP contribution is -1.87. The van der Waals surface area contributed by atoms with Gasteiger partial charge in [0.05, 0.1) is 5.52 Å². The van der Waals surface area contributed by atoms with E-state index in [1.54, 1.807) is 0 Å². The Morgan fingerprint density at radius 2 is 1.31 bits per heavy atom. The van der Waals surface area contributed by atoms with E-state index in [1.165, 1.54) is 32.3 Å². The Labute approximate surface area is 166 Å². The number of fused-ring (bicyclic) bond motifs is 11. The molecule has 0 unspecified atom stereocenters. The summed E-state index contributed by atoms with van der Waals surface area (Å²) in [5, 5.41) is 10.8. The Balaban J connectivity index is 1.83. The third-order valence-corrected chi connectivity index (χ3v) is 6.07. The van der Waals surface area contributed by atoms with Crippen molar-refractivity contribution >= 4 is 65.2 Å². The maximum atomic E-state index is 6.17. The van der Waals surface area contributed by atoms with Crippen molar-refractivity contribution in [2.45, 2.75) is 0 Å². The lowest BCUT2D eigenvalue weighted by atomic mass is 9.92. The summed E-state index contributed by atoms with van der Waals surface area (Å²) in [6, 6.07) is 29.9. The summed E-state index contributed by atoms with van der Waals surface area (Å²) in [7, 11) is 0. The van der Waals surface area contributed by atoms with Crippen LogP contribution in [-0.2, 0) is 0 Å². The minimum atomic E-state index is 0.920. The fourth-order valence-electron chi connectivity index (χ4n) is 4.79. The smallest absolute Gasteiger partial charge is 0.136 e. The molecule has 0 bridgehead atoms. The highest BCUT2D eigenvalue weighted by molar-refractivity contribution is 6.32. The van der Waals surface area contributed by atoms with Crippen LogP contribution in [0.15, 0.2) is 95.5 Å². The van der Waals surface area contributed by atoms with E-state index in [2.05, 4.69) is 66.7 Å². The first-order valence-corrected chi connectivity index (χ1v) is 9.82. The van der Waals surface area contributed by atoms with E-state index in [0.29, 0.717) is 0 Å². The summed E-state index contributed by atoms with van der Waals surface area (Å²) in [6.45, 7) is 0. The van der Waals surface area contributed by atoms with Crippen LogP contribution >= 0.6 is 0 Å². The maximum Gasteiger partial charge on any atom is 0.136 e. The van der Waals surface area contributed by atoms with Gasteiger partial charge in [-0.15, -0.1) is 0 Å². The number of pyridine rings is 1. The number of benzene rings is 5.